The summed E-state index contributed by atoms with van der Waals surface area (Å²) >= 11 is 0. The van der Waals surface area contributed by atoms with Gasteiger partial charge in [-0.3, -0.25) is 9.88 Å². The van der Waals surface area contributed by atoms with Gasteiger partial charge in [0.25, 0.3) is 0 Å². The van der Waals surface area contributed by atoms with E-state index in [0.717, 1.165) is 6.20 Å². The van der Waals surface area contributed by atoms with Gasteiger partial charge in [-0.1, -0.05) is 6.92 Å². The highest BCUT2D eigenvalue weighted by Gasteiger charge is 2.30. The first-order valence-corrected chi connectivity index (χ1v) is 6.27. The number of alkyl halides is 3. The molecule has 0 saturated carbocycles. The molecule has 0 fully saturated rings. The Morgan fingerprint density at radius 3 is 2.45 bits per heavy atom. The number of nitrogens with zero attached hydrogens (tertiary/aromatic N) is 2. The lowest BCUT2D eigenvalue weighted by molar-refractivity contribution is -0.144. The Labute approximate surface area is 116 Å². The molecule has 0 aliphatic rings. The van der Waals surface area contributed by atoms with Gasteiger partial charge in [0.15, 0.2) is 0 Å². The number of hydrogen-bond donors (Lipinski definition) is 1. The van der Waals surface area contributed by atoms with Crippen molar-refractivity contribution in [2.45, 2.75) is 19.1 Å². The van der Waals surface area contributed by atoms with Crippen molar-refractivity contribution in [3.63, 3.8) is 0 Å². The second kappa shape index (κ2) is 6.99. The summed E-state index contributed by atoms with van der Waals surface area (Å²) in [6, 6.07) is 2.60. The Hall–Kier alpha value is -1.21. The van der Waals surface area contributed by atoms with Gasteiger partial charge >= 0.3 is 6.18 Å². The molecule has 0 spiro atoms. The third-order valence-electron chi connectivity index (χ3n) is 3.00. The highest BCUT2D eigenvalue weighted by atomic mass is 19.4. The van der Waals surface area contributed by atoms with Gasteiger partial charge in [-0.15, -0.1) is 0 Å². The van der Waals surface area contributed by atoms with Crippen LogP contribution in [-0.2, 0) is 0 Å². The maximum Gasteiger partial charge on any atom is 0.401 e. The minimum atomic E-state index is -4.21. The van der Waals surface area contributed by atoms with Gasteiger partial charge in [0.1, 0.15) is 5.82 Å². The summed E-state index contributed by atoms with van der Waals surface area (Å²) in [4.78, 5) is 5.19. The van der Waals surface area contributed by atoms with Crippen molar-refractivity contribution in [2.75, 3.05) is 27.2 Å². The zero-order valence-electron chi connectivity index (χ0n) is 11.7. The summed E-state index contributed by atoms with van der Waals surface area (Å²) in [5.41, 5.74) is 0.613. The molecule has 0 aliphatic heterocycles. The maximum atomic E-state index is 12.8. The lowest BCUT2D eigenvalue weighted by atomic mass is 9.98. The minimum absolute atomic E-state index is 0.106. The van der Waals surface area contributed by atoms with Crippen molar-refractivity contribution >= 4 is 0 Å². The quantitative estimate of drug-likeness (QED) is 0.817. The first-order chi connectivity index (χ1) is 9.23. The molecule has 0 aliphatic carbocycles. The topological polar surface area (TPSA) is 28.2 Å². The fourth-order valence-electron chi connectivity index (χ4n) is 2.26. The fraction of sp³-hybridized carbons (Fsp3) is 0.615. The van der Waals surface area contributed by atoms with Gasteiger partial charge in [-0.2, -0.15) is 13.2 Å². The van der Waals surface area contributed by atoms with E-state index in [4.69, 9.17) is 0 Å². The van der Waals surface area contributed by atoms with Crippen LogP contribution >= 0.6 is 0 Å². The maximum absolute atomic E-state index is 12.8. The Kier molecular flexibility index (Phi) is 5.88. The summed E-state index contributed by atoms with van der Waals surface area (Å²) in [6.45, 7) is 1.13. The van der Waals surface area contributed by atoms with Crippen molar-refractivity contribution in [3.8, 4) is 0 Å². The first kappa shape index (κ1) is 16.8. The molecule has 2 atom stereocenters. The van der Waals surface area contributed by atoms with Crippen LogP contribution in [0.1, 0.15) is 18.7 Å². The Bertz CT molecular complexity index is 405. The molecule has 1 N–H and O–H groups in total. The second-order valence-electron chi connectivity index (χ2n) is 4.96. The summed E-state index contributed by atoms with van der Waals surface area (Å²) in [6.07, 6.45) is -3.11. The molecular weight excluding hydrogens is 274 g/mol. The van der Waals surface area contributed by atoms with Crippen molar-refractivity contribution in [2.24, 2.45) is 5.92 Å². The molecule has 1 aromatic heterocycles. The van der Waals surface area contributed by atoms with E-state index in [9.17, 15) is 17.6 Å². The van der Waals surface area contributed by atoms with Crippen LogP contribution in [0.5, 0.6) is 0 Å². The predicted octanol–water partition coefficient (Wildman–Crippen LogP) is 2.61. The zero-order chi connectivity index (χ0) is 15.3. The highest BCUT2D eigenvalue weighted by molar-refractivity contribution is 5.10. The van der Waals surface area contributed by atoms with Crippen LogP contribution < -0.4 is 5.32 Å². The van der Waals surface area contributed by atoms with Gasteiger partial charge in [-0.25, -0.2) is 4.39 Å². The van der Waals surface area contributed by atoms with Gasteiger partial charge in [-0.05, 0) is 32.1 Å². The Morgan fingerprint density at radius 1 is 1.35 bits per heavy atom. The zero-order valence-corrected chi connectivity index (χ0v) is 11.7. The van der Waals surface area contributed by atoms with Crippen molar-refractivity contribution in [1.82, 2.24) is 15.2 Å². The monoisotopic (exact) mass is 293 g/mol. The van der Waals surface area contributed by atoms with Crippen LogP contribution in [0.4, 0.5) is 17.6 Å². The molecule has 7 heteroatoms. The summed E-state index contributed by atoms with van der Waals surface area (Å²) in [5, 5.41) is 3.01. The van der Waals surface area contributed by atoms with Crippen molar-refractivity contribution in [1.29, 1.82) is 0 Å². The van der Waals surface area contributed by atoms with E-state index in [1.165, 1.54) is 24.1 Å². The van der Waals surface area contributed by atoms with E-state index in [-0.39, 0.29) is 18.5 Å². The molecule has 1 heterocycles. The molecular formula is C13H19F4N3. The number of hydrogen-bond acceptors (Lipinski definition) is 3. The van der Waals surface area contributed by atoms with Crippen LogP contribution in [0.2, 0.25) is 0 Å². The van der Waals surface area contributed by atoms with E-state index in [0.29, 0.717) is 5.69 Å². The van der Waals surface area contributed by atoms with E-state index < -0.39 is 18.5 Å². The van der Waals surface area contributed by atoms with E-state index in [1.54, 1.807) is 7.05 Å². The van der Waals surface area contributed by atoms with Crippen LogP contribution in [-0.4, -0.2) is 43.2 Å². The van der Waals surface area contributed by atoms with Crippen molar-refractivity contribution in [3.05, 3.63) is 29.8 Å². The Balaban J connectivity index is 2.67. The average molecular weight is 293 g/mol. The molecule has 2 unspecified atom stereocenters. The first-order valence-electron chi connectivity index (χ1n) is 6.27. The molecule has 0 amide bonds. The number of aromatic nitrogens is 1. The van der Waals surface area contributed by atoms with Crippen LogP contribution in [0, 0.1) is 11.7 Å². The van der Waals surface area contributed by atoms with Crippen LogP contribution in [0.15, 0.2) is 18.3 Å². The van der Waals surface area contributed by atoms with Crippen LogP contribution in [0.25, 0.3) is 0 Å². The van der Waals surface area contributed by atoms with Gasteiger partial charge in [0.05, 0.1) is 24.5 Å². The fourth-order valence-corrected chi connectivity index (χ4v) is 2.26. The molecule has 0 aromatic carbocycles. The van der Waals surface area contributed by atoms with Gasteiger partial charge in [0, 0.05) is 6.54 Å². The molecule has 1 rings (SSSR count). The predicted molar refractivity (Wildman–Crippen MR) is 68.7 cm³/mol. The van der Waals surface area contributed by atoms with Gasteiger partial charge in [0.2, 0.25) is 0 Å². The molecule has 0 bridgehead atoms. The molecule has 0 saturated heterocycles. The number of rotatable bonds is 6. The average Bonchev–Trinajstić information content (AvgIpc) is 2.29. The van der Waals surface area contributed by atoms with E-state index in [2.05, 4.69) is 10.3 Å². The summed E-state index contributed by atoms with van der Waals surface area (Å²) in [7, 11) is 3.13. The standard InChI is InChI=1S/C13H19F4N3/c1-9(7-20(3)8-13(15,16)17)12(18-2)11-5-4-10(14)6-19-11/h4-6,9,12,18H,7-8H2,1-3H3. The lowest BCUT2D eigenvalue weighted by Gasteiger charge is -2.28. The SMILES string of the molecule is CNC(c1ccc(F)cn1)C(C)CN(C)CC(F)(F)F. The number of nitrogens with one attached hydrogen (secondary N) is 1. The van der Waals surface area contributed by atoms with Crippen molar-refractivity contribution < 1.29 is 17.6 Å². The van der Waals surface area contributed by atoms with Gasteiger partial charge < -0.3 is 5.32 Å². The molecule has 3 nitrogen and oxygen atoms in total. The Morgan fingerprint density at radius 2 is 2.00 bits per heavy atom. The normalized spacial score (nSPS) is 15.4. The molecule has 0 radical (unpaired) electrons. The molecule has 20 heavy (non-hydrogen) atoms. The van der Waals surface area contributed by atoms with Crippen LogP contribution in [0.3, 0.4) is 0 Å². The third-order valence-corrected chi connectivity index (χ3v) is 3.00. The second-order valence-corrected chi connectivity index (χ2v) is 4.96. The highest BCUT2D eigenvalue weighted by Crippen LogP contribution is 2.22. The summed E-state index contributed by atoms with van der Waals surface area (Å²) < 4.78 is 49.7. The number of halogens is 4. The smallest absolute Gasteiger partial charge is 0.311 e. The van der Waals surface area contributed by atoms with E-state index in [1.807, 2.05) is 6.92 Å². The largest absolute Gasteiger partial charge is 0.401 e. The minimum Gasteiger partial charge on any atom is -0.311 e. The third kappa shape index (κ3) is 5.42. The molecule has 1 aromatic rings. The lowest BCUT2D eigenvalue weighted by Crippen LogP contribution is -2.37. The summed E-state index contributed by atoms with van der Waals surface area (Å²) in [5.74, 6) is -0.546. The van der Waals surface area contributed by atoms with E-state index >= 15 is 0 Å². The number of pyridine rings is 1. The molecule has 114 valence electrons.